The third-order valence-corrected chi connectivity index (χ3v) is 8.47. The molecule has 1 saturated heterocycles. The van der Waals surface area contributed by atoms with E-state index in [4.69, 9.17) is 10.5 Å². The van der Waals surface area contributed by atoms with E-state index in [1.807, 2.05) is 0 Å². The first-order valence-electron chi connectivity index (χ1n) is 13.7. The van der Waals surface area contributed by atoms with Crippen LogP contribution in [0.15, 0.2) is 36.5 Å². The number of nitrogens with one attached hydrogen (secondary N) is 1. The Morgan fingerprint density at radius 3 is 2.64 bits per heavy atom. The van der Waals surface area contributed by atoms with Crippen molar-refractivity contribution in [1.29, 1.82) is 0 Å². The second kappa shape index (κ2) is 12.1. The van der Waals surface area contributed by atoms with Crippen molar-refractivity contribution in [2.75, 3.05) is 29.5 Å². The van der Waals surface area contributed by atoms with E-state index in [0.717, 1.165) is 29.5 Å². The molecule has 4 N–H and O–H groups in total. The van der Waals surface area contributed by atoms with Gasteiger partial charge in [0.05, 0.1) is 29.3 Å². The normalized spacial score (nSPS) is 15.7. The standard InChI is InChI=1S/C28H29F4N7O5S/c1-38(45(2,42)43)27-15(6-5-8-34-27)14-35-26-23-20(39(37-24(23)25(33)41)22-7-3-4-9-44-22)12-19(36-26)17-11-18(29)21(40)10-16(17)13-28(30,31)32/h5-6,8,10-12,22,40H,3-4,7,9,13-14H2,1-2H3,(H2,33,41)(H,35,36). The number of ether oxygens (including phenoxy) is 1. The highest BCUT2D eigenvalue weighted by Crippen LogP contribution is 2.38. The Hall–Kier alpha value is -4.51. The van der Waals surface area contributed by atoms with E-state index in [9.17, 15) is 35.9 Å². The van der Waals surface area contributed by atoms with Gasteiger partial charge in [0.15, 0.2) is 23.5 Å². The van der Waals surface area contributed by atoms with Crippen LogP contribution < -0.4 is 15.4 Å². The number of fused-ring (bicyclic) bond motifs is 1. The van der Waals surface area contributed by atoms with Gasteiger partial charge in [0.2, 0.25) is 10.0 Å². The number of benzene rings is 1. The zero-order valence-electron chi connectivity index (χ0n) is 24.1. The van der Waals surface area contributed by atoms with Crippen molar-refractivity contribution in [1.82, 2.24) is 19.7 Å². The number of nitrogens with two attached hydrogens (primary N) is 1. The molecule has 0 spiro atoms. The lowest BCUT2D eigenvalue weighted by Gasteiger charge is -2.24. The van der Waals surface area contributed by atoms with Gasteiger partial charge in [-0.25, -0.2) is 27.5 Å². The van der Waals surface area contributed by atoms with Gasteiger partial charge in [-0.15, -0.1) is 0 Å². The van der Waals surface area contributed by atoms with Crippen molar-refractivity contribution in [3.63, 3.8) is 0 Å². The number of carbonyl (C=O) groups is 1. The molecule has 1 aliphatic rings. The molecule has 12 nitrogen and oxygen atoms in total. The minimum absolute atomic E-state index is 0.0541. The zero-order chi connectivity index (χ0) is 32.7. The summed E-state index contributed by atoms with van der Waals surface area (Å²) in [6.07, 6.45) is -2.35. The zero-order valence-corrected chi connectivity index (χ0v) is 24.9. The molecule has 3 aromatic heterocycles. The second-order valence-corrected chi connectivity index (χ2v) is 12.6. The predicted octanol–water partition coefficient (Wildman–Crippen LogP) is 4.25. The Bertz CT molecular complexity index is 1880. The molecule has 0 saturated carbocycles. The highest BCUT2D eigenvalue weighted by molar-refractivity contribution is 7.92. The minimum atomic E-state index is -4.70. The highest BCUT2D eigenvalue weighted by atomic mass is 32.2. The largest absolute Gasteiger partial charge is 0.505 e. The molecule has 1 aliphatic heterocycles. The van der Waals surface area contributed by atoms with Crippen molar-refractivity contribution in [2.24, 2.45) is 5.73 Å². The van der Waals surface area contributed by atoms with Gasteiger partial charge in [0, 0.05) is 37.5 Å². The van der Waals surface area contributed by atoms with Crippen molar-refractivity contribution in [3.8, 4) is 17.0 Å². The summed E-state index contributed by atoms with van der Waals surface area (Å²) in [5, 5.41) is 17.4. The van der Waals surface area contributed by atoms with Crippen LogP contribution in [0.4, 0.5) is 29.2 Å². The van der Waals surface area contributed by atoms with Crippen LogP contribution in [-0.2, 0) is 27.7 Å². The number of hydrogen-bond acceptors (Lipinski definition) is 9. The quantitative estimate of drug-likeness (QED) is 0.224. The summed E-state index contributed by atoms with van der Waals surface area (Å²) in [6.45, 7) is 0.286. The molecule has 4 aromatic rings. The number of rotatable bonds is 9. The van der Waals surface area contributed by atoms with Crippen LogP contribution in [0.3, 0.4) is 0 Å². The molecule has 17 heteroatoms. The van der Waals surface area contributed by atoms with E-state index in [2.05, 4.69) is 20.4 Å². The molecule has 1 fully saturated rings. The Kier molecular flexibility index (Phi) is 8.59. The van der Waals surface area contributed by atoms with Gasteiger partial charge in [-0.3, -0.25) is 9.10 Å². The molecule has 45 heavy (non-hydrogen) atoms. The lowest BCUT2D eigenvalue weighted by Crippen LogP contribution is -2.27. The van der Waals surface area contributed by atoms with E-state index >= 15 is 0 Å². The molecule has 0 aliphatic carbocycles. The monoisotopic (exact) mass is 651 g/mol. The molecule has 240 valence electrons. The Labute approximate surface area is 254 Å². The topological polar surface area (TPSA) is 166 Å². The number of halogens is 4. The summed E-state index contributed by atoms with van der Waals surface area (Å²) >= 11 is 0. The highest BCUT2D eigenvalue weighted by Gasteiger charge is 2.32. The van der Waals surface area contributed by atoms with Gasteiger partial charge in [0.25, 0.3) is 5.91 Å². The van der Waals surface area contributed by atoms with Gasteiger partial charge in [-0.05, 0) is 49.1 Å². The van der Waals surface area contributed by atoms with Crippen LogP contribution in [-0.4, -0.2) is 65.3 Å². The van der Waals surface area contributed by atoms with Crippen LogP contribution in [0.25, 0.3) is 22.2 Å². The van der Waals surface area contributed by atoms with Crippen LogP contribution >= 0.6 is 0 Å². The lowest BCUT2D eigenvalue weighted by atomic mass is 9.99. The van der Waals surface area contributed by atoms with E-state index < -0.39 is 51.9 Å². The molecular weight excluding hydrogens is 622 g/mol. The molecule has 1 aromatic carbocycles. The first kappa shape index (κ1) is 31.9. The maximum absolute atomic E-state index is 14.6. The summed E-state index contributed by atoms with van der Waals surface area (Å²) in [4.78, 5) is 21.3. The van der Waals surface area contributed by atoms with Gasteiger partial charge in [-0.2, -0.15) is 18.3 Å². The fourth-order valence-corrected chi connectivity index (χ4v) is 5.60. The SMILES string of the molecule is CN(c1ncccc1CNc1nc(-c2cc(F)c(O)cc2CC(F)(F)F)cc2c1c(C(N)=O)nn2C1CCCCO1)S(C)(=O)=O. The number of sulfonamides is 1. The van der Waals surface area contributed by atoms with E-state index in [-0.39, 0.29) is 46.0 Å². The maximum atomic E-state index is 14.6. The molecule has 0 bridgehead atoms. The first-order valence-corrected chi connectivity index (χ1v) is 15.5. The Morgan fingerprint density at radius 1 is 1.24 bits per heavy atom. The third kappa shape index (κ3) is 6.78. The van der Waals surface area contributed by atoms with Gasteiger partial charge in [0.1, 0.15) is 11.6 Å². The number of aromatic hydroxyl groups is 1. The Morgan fingerprint density at radius 2 is 2.00 bits per heavy atom. The second-order valence-electron chi connectivity index (χ2n) is 10.6. The molecule has 5 rings (SSSR count). The fraction of sp³-hybridized carbons (Fsp3) is 0.357. The summed E-state index contributed by atoms with van der Waals surface area (Å²) in [5.41, 5.74) is 5.27. The summed E-state index contributed by atoms with van der Waals surface area (Å²) in [6, 6.07) is 5.98. The van der Waals surface area contributed by atoms with Crippen LogP contribution in [0.5, 0.6) is 5.75 Å². The van der Waals surface area contributed by atoms with Crippen LogP contribution in [0.2, 0.25) is 0 Å². The average Bonchev–Trinajstić information content (AvgIpc) is 3.37. The van der Waals surface area contributed by atoms with Gasteiger partial charge in [-0.1, -0.05) is 6.07 Å². The summed E-state index contributed by atoms with van der Waals surface area (Å²) in [5.74, 6) is -3.01. The average molecular weight is 652 g/mol. The summed E-state index contributed by atoms with van der Waals surface area (Å²) < 4.78 is 88.0. The number of nitrogens with zero attached hydrogens (tertiary/aromatic N) is 5. The number of phenols is 1. The van der Waals surface area contributed by atoms with Gasteiger partial charge < -0.3 is 20.9 Å². The number of carbonyl (C=O) groups excluding carboxylic acids is 1. The number of alkyl halides is 3. The summed E-state index contributed by atoms with van der Waals surface area (Å²) in [7, 11) is -2.38. The number of primary amides is 1. The minimum Gasteiger partial charge on any atom is -0.505 e. The number of phenolic OH excluding ortho intramolecular Hbond substituents is 1. The number of amides is 1. The smallest absolute Gasteiger partial charge is 0.393 e. The van der Waals surface area contributed by atoms with Crippen molar-refractivity contribution in [2.45, 2.75) is 44.6 Å². The molecular formula is C28H29F4N7O5S. The van der Waals surface area contributed by atoms with Crippen molar-refractivity contribution in [3.05, 3.63) is 59.2 Å². The molecule has 1 unspecified atom stereocenters. The van der Waals surface area contributed by atoms with Crippen LogP contribution in [0.1, 0.15) is 47.1 Å². The van der Waals surface area contributed by atoms with E-state index in [1.165, 1.54) is 24.0 Å². The van der Waals surface area contributed by atoms with Crippen molar-refractivity contribution >= 4 is 38.5 Å². The molecule has 1 atom stereocenters. The number of hydrogen-bond donors (Lipinski definition) is 3. The van der Waals surface area contributed by atoms with Gasteiger partial charge >= 0.3 is 6.18 Å². The van der Waals surface area contributed by atoms with E-state index in [0.29, 0.717) is 24.7 Å². The predicted molar refractivity (Wildman–Crippen MR) is 157 cm³/mol. The van der Waals surface area contributed by atoms with Crippen LogP contribution in [0, 0.1) is 5.82 Å². The Balaban J connectivity index is 1.73. The molecule has 4 heterocycles. The number of anilines is 2. The molecule has 0 radical (unpaired) electrons. The maximum Gasteiger partial charge on any atom is 0.393 e. The third-order valence-electron chi connectivity index (χ3n) is 7.30. The first-order chi connectivity index (χ1) is 21.1. The van der Waals surface area contributed by atoms with Crippen molar-refractivity contribution < 1.29 is 40.6 Å². The fourth-order valence-electron chi connectivity index (χ4n) is 5.13. The molecule has 1 amide bonds. The number of pyridine rings is 2. The number of aromatic nitrogens is 4. The lowest BCUT2D eigenvalue weighted by molar-refractivity contribution is -0.127. The van der Waals surface area contributed by atoms with E-state index in [1.54, 1.807) is 12.1 Å².